The first-order valence-corrected chi connectivity index (χ1v) is 6.90. The van der Waals surface area contributed by atoms with Gasteiger partial charge < -0.3 is 10.1 Å². The van der Waals surface area contributed by atoms with Crippen molar-refractivity contribution in [2.24, 2.45) is 5.92 Å². The molecule has 2 saturated heterocycles. The number of piperazine rings is 1. The van der Waals surface area contributed by atoms with Gasteiger partial charge in [-0.1, -0.05) is 6.92 Å². The molecule has 2 unspecified atom stereocenters. The molecule has 5 heteroatoms. The number of likely N-dealkylation sites (tertiary alicyclic amines) is 1. The van der Waals surface area contributed by atoms with Crippen LogP contribution >= 0.6 is 0 Å². The van der Waals surface area contributed by atoms with Crippen LogP contribution in [0.15, 0.2) is 0 Å². The van der Waals surface area contributed by atoms with Crippen molar-refractivity contribution in [3.8, 4) is 0 Å². The summed E-state index contributed by atoms with van der Waals surface area (Å²) in [5.41, 5.74) is 0. The molecule has 0 bridgehead atoms. The van der Waals surface area contributed by atoms with E-state index in [9.17, 15) is 4.79 Å². The second-order valence-corrected chi connectivity index (χ2v) is 5.45. The number of rotatable bonds is 4. The highest BCUT2D eigenvalue weighted by molar-refractivity contribution is 5.72. The summed E-state index contributed by atoms with van der Waals surface area (Å²) >= 11 is 0. The van der Waals surface area contributed by atoms with Crippen LogP contribution in [-0.2, 0) is 9.53 Å². The summed E-state index contributed by atoms with van der Waals surface area (Å²) in [6.45, 7) is 10.8. The highest BCUT2D eigenvalue weighted by Gasteiger charge is 2.37. The molecule has 2 aliphatic rings. The van der Waals surface area contributed by atoms with Crippen molar-refractivity contribution < 1.29 is 9.53 Å². The van der Waals surface area contributed by atoms with E-state index in [1.807, 2.05) is 6.92 Å². The normalized spacial score (nSPS) is 26.4. The van der Waals surface area contributed by atoms with E-state index in [0.717, 1.165) is 39.3 Å². The number of nitrogens with one attached hydrogen (secondary N) is 1. The summed E-state index contributed by atoms with van der Waals surface area (Å²) in [6.07, 6.45) is 0. The van der Waals surface area contributed by atoms with E-state index in [-0.39, 0.29) is 17.9 Å². The summed E-state index contributed by atoms with van der Waals surface area (Å²) in [5, 5.41) is 3.38. The summed E-state index contributed by atoms with van der Waals surface area (Å²) in [4.78, 5) is 16.5. The second kappa shape index (κ2) is 5.99. The van der Waals surface area contributed by atoms with Gasteiger partial charge in [-0.15, -0.1) is 0 Å². The highest BCUT2D eigenvalue weighted by atomic mass is 16.5. The molecule has 0 amide bonds. The minimum Gasteiger partial charge on any atom is -0.469 e. The smallest absolute Gasteiger partial charge is 0.309 e. The molecule has 5 nitrogen and oxygen atoms in total. The van der Waals surface area contributed by atoms with Gasteiger partial charge in [-0.25, -0.2) is 0 Å². The third-order valence-electron chi connectivity index (χ3n) is 4.43. The average molecular weight is 255 g/mol. The Labute approximate surface area is 109 Å². The van der Waals surface area contributed by atoms with E-state index in [1.165, 1.54) is 7.11 Å². The fraction of sp³-hybridized carbons (Fsp3) is 0.923. The first-order chi connectivity index (χ1) is 8.63. The molecular formula is C13H25N3O2. The lowest BCUT2D eigenvalue weighted by Crippen LogP contribution is -2.65. The van der Waals surface area contributed by atoms with E-state index in [0.29, 0.717) is 6.04 Å². The van der Waals surface area contributed by atoms with Gasteiger partial charge in [0.2, 0.25) is 0 Å². The van der Waals surface area contributed by atoms with Crippen LogP contribution in [0.2, 0.25) is 0 Å². The Morgan fingerprint density at radius 1 is 1.28 bits per heavy atom. The Bertz CT molecular complexity index is 286. The SMILES string of the molecule is COC(=O)C(C)C(C)N1CC(N2CCNCC2)C1. The van der Waals surface area contributed by atoms with Crippen LogP contribution in [0.3, 0.4) is 0 Å². The van der Waals surface area contributed by atoms with Crippen molar-refractivity contribution in [1.82, 2.24) is 15.1 Å². The Hall–Kier alpha value is -0.650. The van der Waals surface area contributed by atoms with E-state index in [2.05, 4.69) is 22.0 Å². The predicted octanol–water partition coefficient (Wildman–Crippen LogP) is -0.227. The quantitative estimate of drug-likeness (QED) is 0.703. The Balaban J connectivity index is 1.75. The van der Waals surface area contributed by atoms with Gasteiger partial charge in [0.15, 0.2) is 0 Å². The molecule has 2 fully saturated rings. The predicted molar refractivity (Wildman–Crippen MR) is 70.4 cm³/mol. The zero-order chi connectivity index (χ0) is 13.1. The molecule has 0 radical (unpaired) electrons. The van der Waals surface area contributed by atoms with Crippen LogP contribution in [-0.4, -0.2) is 74.2 Å². The van der Waals surface area contributed by atoms with Crippen LogP contribution in [0, 0.1) is 5.92 Å². The number of hydrogen-bond acceptors (Lipinski definition) is 5. The van der Waals surface area contributed by atoms with E-state index < -0.39 is 0 Å². The Kier molecular flexibility index (Phi) is 4.59. The monoisotopic (exact) mass is 255 g/mol. The van der Waals surface area contributed by atoms with Gasteiger partial charge in [-0.2, -0.15) is 0 Å². The van der Waals surface area contributed by atoms with Gasteiger partial charge in [0.05, 0.1) is 13.0 Å². The molecule has 104 valence electrons. The topological polar surface area (TPSA) is 44.8 Å². The molecule has 0 aromatic heterocycles. The van der Waals surface area contributed by atoms with Crippen molar-refractivity contribution >= 4 is 5.97 Å². The van der Waals surface area contributed by atoms with Gasteiger partial charge in [0.1, 0.15) is 0 Å². The molecule has 2 rings (SSSR count). The summed E-state index contributed by atoms with van der Waals surface area (Å²) in [7, 11) is 1.46. The van der Waals surface area contributed by atoms with Crippen LogP contribution < -0.4 is 5.32 Å². The van der Waals surface area contributed by atoms with E-state index >= 15 is 0 Å². The van der Waals surface area contributed by atoms with Crippen molar-refractivity contribution in [2.45, 2.75) is 25.9 Å². The minimum absolute atomic E-state index is 0.0426. The molecule has 0 spiro atoms. The number of methoxy groups -OCH3 is 1. The van der Waals surface area contributed by atoms with Gasteiger partial charge in [-0.3, -0.25) is 14.6 Å². The number of carbonyl (C=O) groups is 1. The lowest BCUT2D eigenvalue weighted by Gasteiger charge is -2.50. The summed E-state index contributed by atoms with van der Waals surface area (Å²) in [6, 6.07) is 0.955. The molecule has 1 N–H and O–H groups in total. The van der Waals surface area contributed by atoms with Gasteiger partial charge in [-0.05, 0) is 6.92 Å². The number of nitrogens with zero attached hydrogens (tertiary/aromatic N) is 2. The molecule has 2 heterocycles. The largest absolute Gasteiger partial charge is 0.469 e. The molecule has 0 aromatic carbocycles. The lowest BCUT2D eigenvalue weighted by molar-refractivity contribution is -0.148. The highest BCUT2D eigenvalue weighted by Crippen LogP contribution is 2.22. The molecule has 0 aromatic rings. The molecular weight excluding hydrogens is 230 g/mol. The van der Waals surface area contributed by atoms with Crippen LogP contribution in [0.5, 0.6) is 0 Å². The number of ether oxygens (including phenoxy) is 1. The van der Waals surface area contributed by atoms with E-state index in [1.54, 1.807) is 0 Å². The summed E-state index contributed by atoms with van der Waals surface area (Å²) < 4.78 is 4.81. The first-order valence-electron chi connectivity index (χ1n) is 6.90. The third kappa shape index (κ3) is 2.84. The van der Waals surface area contributed by atoms with Crippen LogP contribution in [0.4, 0.5) is 0 Å². The van der Waals surface area contributed by atoms with Crippen molar-refractivity contribution in [3.63, 3.8) is 0 Å². The zero-order valence-electron chi connectivity index (χ0n) is 11.7. The fourth-order valence-corrected chi connectivity index (χ4v) is 2.80. The number of hydrogen-bond donors (Lipinski definition) is 1. The molecule has 0 saturated carbocycles. The van der Waals surface area contributed by atoms with Crippen molar-refractivity contribution in [2.75, 3.05) is 46.4 Å². The molecule has 2 aliphatic heterocycles. The maximum Gasteiger partial charge on any atom is 0.309 e. The van der Waals surface area contributed by atoms with E-state index in [4.69, 9.17) is 4.74 Å². The maximum absolute atomic E-state index is 11.5. The standard InChI is InChI=1S/C13H25N3O2/c1-10(13(17)18-3)11(2)16-8-12(9-16)15-6-4-14-5-7-15/h10-12,14H,4-9H2,1-3H3. The summed E-state index contributed by atoms with van der Waals surface area (Å²) in [5.74, 6) is -0.146. The van der Waals surface area contributed by atoms with Crippen LogP contribution in [0.25, 0.3) is 0 Å². The Morgan fingerprint density at radius 2 is 1.89 bits per heavy atom. The molecule has 18 heavy (non-hydrogen) atoms. The minimum atomic E-state index is -0.104. The average Bonchev–Trinajstić information content (AvgIpc) is 2.36. The number of carbonyl (C=O) groups excluding carboxylic acids is 1. The fourth-order valence-electron chi connectivity index (χ4n) is 2.80. The molecule has 0 aliphatic carbocycles. The van der Waals surface area contributed by atoms with Crippen LogP contribution in [0.1, 0.15) is 13.8 Å². The van der Waals surface area contributed by atoms with Gasteiger partial charge in [0.25, 0.3) is 0 Å². The van der Waals surface area contributed by atoms with Crippen molar-refractivity contribution in [1.29, 1.82) is 0 Å². The Morgan fingerprint density at radius 3 is 2.44 bits per heavy atom. The lowest BCUT2D eigenvalue weighted by atomic mass is 9.96. The van der Waals surface area contributed by atoms with Crippen molar-refractivity contribution in [3.05, 3.63) is 0 Å². The second-order valence-electron chi connectivity index (χ2n) is 5.45. The third-order valence-corrected chi connectivity index (χ3v) is 4.43. The van der Waals surface area contributed by atoms with Gasteiger partial charge in [0, 0.05) is 51.4 Å². The first kappa shape index (κ1) is 13.8. The maximum atomic E-state index is 11.5. The molecule has 2 atom stereocenters. The number of esters is 1. The van der Waals surface area contributed by atoms with Gasteiger partial charge >= 0.3 is 5.97 Å². The zero-order valence-corrected chi connectivity index (χ0v) is 11.7.